The van der Waals surface area contributed by atoms with Crippen LogP contribution < -0.4 is 5.43 Å². The molecule has 3 nitrogen and oxygen atoms in total. The monoisotopic (exact) mass is 384 g/mol. The van der Waals surface area contributed by atoms with Crippen LogP contribution >= 0.6 is 0 Å². The number of hydrogen-bond acceptors (Lipinski definition) is 2. The van der Waals surface area contributed by atoms with Crippen molar-refractivity contribution in [3.8, 4) is 0 Å². The third-order valence-electron chi connectivity index (χ3n) is 4.95. The highest BCUT2D eigenvalue weighted by atomic mass is 16.2. The predicted molar refractivity (Wildman–Crippen MR) is 122 cm³/mol. The average Bonchev–Trinajstić information content (AvgIpc) is 2.72. The molecule has 1 rings (SSSR count). The van der Waals surface area contributed by atoms with Gasteiger partial charge in [0, 0.05) is 12.6 Å². The number of nitrogens with zero attached hydrogens (tertiary/aromatic N) is 1. The first-order valence-corrected chi connectivity index (χ1v) is 11.4. The highest BCUT2D eigenvalue weighted by Gasteiger charge is 1.99. The average molecular weight is 385 g/mol. The maximum absolute atomic E-state index is 11.7. The van der Waals surface area contributed by atoms with Crippen molar-refractivity contribution >= 4 is 18.2 Å². The Labute approximate surface area is 172 Å². The Morgan fingerprint density at radius 3 is 1.93 bits per heavy atom. The van der Waals surface area contributed by atoms with E-state index in [0.717, 1.165) is 18.4 Å². The van der Waals surface area contributed by atoms with Gasteiger partial charge in [-0.3, -0.25) is 4.79 Å². The largest absolute Gasteiger partial charge is 0.273 e. The van der Waals surface area contributed by atoms with Crippen molar-refractivity contribution in [2.75, 3.05) is 0 Å². The zero-order valence-electron chi connectivity index (χ0n) is 17.9. The minimum absolute atomic E-state index is 0.00688. The molecule has 0 radical (unpaired) electrons. The molecular weight excluding hydrogens is 344 g/mol. The second-order valence-electron chi connectivity index (χ2n) is 7.58. The lowest BCUT2D eigenvalue weighted by molar-refractivity contribution is -0.121. The number of carbonyl (C=O) groups excluding carboxylic acids is 1. The summed E-state index contributed by atoms with van der Waals surface area (Å²) < 4.78 is 0. The summed E-state index contributed by atoms with van der Waals surface area (Å²) >= 11 is 0. The van der Waals surface area contributed by atoms with Crippen LogP contribution in [-0.2, 0) is 4.79 Å². The van der Waals surface area contributed by atoms with E-state index in [-0.39, 0.29) is 5.91 Å². The second kappa shape index (κ2) is 18.5. The molecule has 0 aliphatic carbocycles. The zero-order valence-corrected chi connectivity index (χ0v) is 17.9. The lowest BCUT2D eigenvalue weighted by atomic mass is 10.0. The summed E-state index contributed by atoms with van der Waals surface area (Å²) in [5.41, 5.74) is 3.71. The first-order chi connectivity index (χ1) is 13.8. The molecule has 0 heterocycles. The van der Waals surface area contributed by atoms with Gasteiger partial charge in [-0.05, 0) is 18.1 Å². The number of hydrogen-bond donors (Lipinski definition) is 1. The standard InChI is InChI=1S/C25H40N2O/c1-2-3-4-5-6-7-8-9-10-11-12-13-17-22-25(28)27-26-23-18-21-24-19-15-14-16-20-24/h14-16,18-21,23H,2-13,17,22H2,1H3,(H,27,28). The Hall–Kier alpha value is -1.90. The molecule has 3 heteroatoms. The molecule has 0 aliphatic heterocycles. The van der Waals surface area contributed by atoms with Crippen LogP contribution in [0.5, 0.6) is 0 Å². The molecule has 0 saturated carbocycles. The zero-order chi connectivity index (χ0) is 20.1. The summed E-state index contributed by atoms with van der Waals surface area (Å²) in [6.45, 7) is 2.27. The summed E-state index contributed by atoms with van der Waals surface area (Å²) in [7, 11) is 0. The minimum Gasteiger partial charge on any atom is -0.273 e. The van der Waals surface area contributed by atoms with Gasteiger partial charge < -0.3 is 0 Å². The normalized spacial score (nSPS) is 11.5. The third-order valence-corrected chi connectivity index (χ3v) is 4.95. The van der Waals surface area contributed by atoms with E-state index in [9.17, 15) is 4.79 Å². The highest BCUT2D eigenvalue weighted by Crippen LogP contribution is 2.12. The molecule has 156 valence electrons. The van der Waals surface area contributed by atoms with Crippen LogP contribution in [0.4, 0.5) is 0 Å². The van der Waals surface area contributed by atoms with Crippen LogP contribution in [0.15, 0.2) is 41.5 Å². The Morgan fingerprint density at radius 2 is 1.36 bits per heavy atom. The number of benzene rings is 1. The Balaban J connectivity index is 1.86. The van der Waals surface area contributed by atoms with E-state index < -0.39 is 0 Å². The third kappa shape index (κ3) is 15.2. The molecule has 0 unspecified atom stereocenters. The fourth-order valence-corrected chi connectivity index (χ4v) is 3.23. The molecule has 1 aromatic carbocycles. The van der Waals surface area contributed by atoms with Crippen LogP contribution in [-0.4, -0.2) is 12.1 Å². The molecule has 0 atom stereocenters. The van der Waals surface area contributed by atoms with Crippen LogP contribution in [0.2, 0.25) is 0 Å². The van der Waals surface area contributed by atoms with E-state index >= 15 is 0 Å². The van der Waals surface area contributed by atoms with Crippen LogP contribution in [0.25, 0.3) is 6.08 Å². The topological polar surface area (TPSA) is 41.5 Å². The molecule has 1 N–H and O–H groups in total. The van der Waals surface area contributed by atoms with Crippen molar-refractivity contribution in [1.29, 1.82) is 0 Å². The van der Waals surface area contributed by atoms with Crippen molar-refractivity contribution in [1.82, 2.24) is 5.43 Å². The molecule has 0 spiro atoms. The number of nitrogens with one attached hydrogen (secondary N) is 1. The summed E-state index contributed by atoms with van der Waals surface area (Å²) in [4.78, 5) is 11.7. The Kier molecular flexibility index (Phi) is 15.9. The highest BCUT2D eigenvalue weighted by molar-refractivity contribution is 5.81. The SMILES string of the molecule is CCCCCCCCCCCCCCCC(=O)NN=CC=Cc1ccccc1. The summed E-state index contributed by atoms with van der Waals surface area (Å²) in [5.74, 6) is 0.00688. The number of carbonyl (C=O) groups is 1. The van der Waals surface area contributed by atoms with Gasteiger partial charge in [0.05, 0.1) is 0 Å². The maximum Gasteiger partial charge on any atom is 0.240 e. The van der Waals surface area contributed by atoms with E-state index in [0.29, 0.717) is 6.42 Å². The van der Waals surface area contributed by atoms with Gasteiger partial charge in [-0.2, -0.15) is 5.10 Å². The Morgan fingerprint density at radius 1 is 0.821 bits per heavy atom. The van der Waals surface area contributed by atoms with Gasteiger partial charge in [0.2, 0.25) is 5.91 Å². The number of amides is 1. The van der Waals surface area contributed by atoms with Crippen molar-refractivity contribution in [2.45, 2.75) is 96.8 Å². The van der Waals surface area contributed by atoms with Gasteiger partial charge in [-0.15, -0.1) is 0 Å². The predicted octanol–water partition coefficient (Wildman–Crippen LogP) is 7.28. The van der Waals surface area contributed by atoms with Crippen molar-refractivity contribution in [3.63, 3.8) is 0 Å². The molecular formula is C25H40N2O. The fourth-order valence-electron chi connectivity index (χ4n) is 3.23. The lowest BCUT2D eigenvalue weighted by Crippen LogP contribution is -2.16. The quantitative estimate of drug-likeness (QED) is 0.171. The summed E-state index contributed by atoms with van der Waals surface area (Å²) in [6, 6.07) is 10.0. The summed E-state index contributed by atoms with van der Waals surface area (Å²) in [6.07, 6.45) is 23.1. The van der Waals surface area contributed by atoms with Crippen LogP contribution in [0, 0.1) is 0 Å². The van der Waals surface area contributed by atoms with Gasteiger partial charge in [-0.25, -0.2) is 5.43 Å². The van der Waals surface area contributed by atoms with E-state index in [4.69, 9.17) is 0 Å². The molecule has 0 fully saturated rings. The lowest BCUT2D eigenvalue weighted by Gasteiger charge is -2.03. The fraction of sp³-hybridized carbons (Fsp3) is 0.600. The van der Waals surface area contributed by atoms with Gasteiger partial charge in [0.15, 0.2) is 0 Å². The van der Waals surface area contributed by atoms with E-state index in [1.807, 2.05) is 42.5 Å². The number of unbranched alkanes of at least 4 members (excludes halogenated alkanes) is 12. The van der Waals surface area contributed by atoms with E-state index in [1.54, 1.807) is 6.21 Å². The van der Waals surface area contributed by atoms with Gasteiger partial charge in [0.25, 0.3) is 0 Å². The Bertz CT molecular complexity index is 537. The molecule has 0 saturated heterocycles. The molecule has 0 aromatic heterocycles. The van der Waals surface area contributed by atoms with Crippen molar-refractivity contribution in [3.05, 3.63) is 42.0 Å². The van der Waals surface area contributed by atoms with Gasteiger partial charge in [-0.1, -0.05) is 120 Å². The molecule has 1 aromatic rings. The molecule has 0 bridgehead atoms. The van der Waals surface area contributed by atoms with Crippen molar-refractivity contribution < 1.29 is 4.79 Å². The first-order valence-electron chi connectivity index (χ1n) is 11.4. The molecule has 28 heavy (non-hydrogen) atoms. The van der Waals surface area contributed by atoms with Crippen LogP contribution in [0.3, 0.4) is 0 Å². The van der Waals surface area contributed by atoms with E-state index in [1.165, 1.54) is 70.6 Å². The van der Waals surface area contributed by atoms with Gasteiger partial charge >= 0.3 is 0 Å². The van der Waals surface area contributed by atoms with E-state index in [2.05, 4.69) is 17.5 Å². The number of rotatable bonds is 17. The molecule has 0 aliphatic rings. The van der Waals surface area contributed by atoms with Crippen molar-refractivity contribution in [2.24, 2.45) is 5.10 Å². The first kappa shape index (κ1) is 24.1. The maximum atomic E-state index is 11.7. The smallest absolute Gasteiger partial charge is 0.240 e. The minimum atomic E-state index is 0.00688. The number of allylic oxidation sites excluding steroid dienone is 1. The number of hydrazone groups is 1. The second-order valence-corrected chi connectivity index (χ2v) is 7.58. The van der Waals surface area contributed by atoms with Crippen LogP contribution in [0.1, 0.15) is 102 Å². The summed E-state index contributed by atoms with van der Waals surface area (Å²) in [5, 5.41) is 3.96. The molecule has 1 amide bonds. The van der Waals surface area contributed by atoms with Gasteiger partial charge in [0.1, 0.15) is 0 Å².